The van der Waals surface area contributed by atoms with Gasteiger partial charge < -0.3 is 9.47 Å². The zero-order chi connectivity index (χ0) is 23.5. The Morgan fingerprint density at radius 1 is 0.882 bits per heavy atom. The maximum atomic E-state index is 7.25. The number of fused-ring (bicyclic) bond motifs is 1. The van der Waals surface area contributed by atoms with Crippen LogP contribution in [0, 0.1) is 13.8 Å². The molecule has 0 amide bonds. The molecule has 0 saturated carbocycles. The van der Waals surface area contributed by atoms with Crippen LogP contribution in [0.3, 0.4) is 0 Å². The molecule has 3 aromatic carbocycles. The molecule has 2 aliphatic rings. The third kappa shape index (κ3) is 4.83. The molecule has 0 spiro atoms. The average molecular weight is 472 g/mol. The van der Waals surface area contributed by atoms with Crippen molar-refractivity contribution in [2.24, 2.45) is 0 Å². The Morgan fingerprint density at radius 2 is 1.53 bits per heavy atom. The lowest BCUT2D eigenvalue weighted by Crippen LogP contribution is -2.36. The second-order valence-corrected chi connectivity index (χ2v) is 9.44. The Kier molecular flexibility index (Phi) is 6.87. The highest BCUT2D eigenvalue weighted by atomic mass is 35.5. The van der Waals surface area contributed by atoms with E-state index in [2.05, 4.69) is 85.5 Å². The van der Waals surface area contributed by atoms with Crippen LogP contribution in [-0.4, -0.2) is 37.7 Å². The number of allylic oxidation sites excluding steroid dienone is 2. The summed E-state index contributed by atoms with van der Waals surface area (Å²) in [6.45, 7) is 8.43. The summed E-state index contributed by atoms with van der Waals surface area (Å²) in [4.78, 5) is 2.41. The number of morpholine rings is 1. The molecule has 0 N–H and O–H groups in total. The zero-order valence-corrected chi connectivity index (χ0v) is 20.5. The summed E-state index contributed by atoms with van der Waals surface area (Å²) in [7, 11) is 0. The standard InChI is InChI=1S/C30H30ClNO2/c1-21-7-11-23(12-8-21)28-25-5-3-4-6-27(25)34-30(24-13-9-22(2)10-14-24)29(31)26(28)15-16-32-17-19-33-20-18-32/h3-15,28H,16-20H2,1-2H3. The number of benzene rings is 3. The van der Waals surface area contributed by atoms with Gasteiger partial charge in [0.2, 0.25) is 0 Å². The summed E-state index contributed by atoms with van der Waals surface area (Å²) in [6, 6.07) is 25.4. The molecule has 0 aromatic heterocycles. The van der Waals surface area contributed by atoms with Crippen molar-refractivity contribution < 1.29 is 9.47 Å². The molecule has 34 heavy (non-hydrogen) atoms. The van der Waals surface area contributed by atoms with Gasteiger partial charge in [0, 0.05) is 36.7 Å². The zero-order valence-electron chi connectivity index (χ0n) is 19.8. The van der Waals surface area contributed by atoms with E-state index in [1.807, 2.05) is 12.1 Å². The van der Waals surface area contributed by atoms with Crippen LogP contribution < -0.4 is 4.74 Å². The van der Waals surface area contributed by atoms with Crippen LogP contribution in [0.1, 0.15) is 33.7 Å². The molecule has 174 valence electrons. The summed E-state index contributed by atoms with van der Waals surface area (Å²) in [5.41, 5.74) is 6.83. The molecule has 0 bridgehead atoms. The Morgan fingerprint density at radius 3 is 2.24 bits per heavy atom. The number of hydrogen-bond acceptors (Lipinski definition) is 3. The minimum atomic E-state index is -0.0201. The van der Waals surface area contributed by atoms with Gasteiger partial charge in [-0.15, -0.1) is 0 Å². The summed E-state index contributed by atoms with van der Waals surface area (Å²) < 4.78 is 12.1. The predicted octanol–water partition coefficient (Wildman–Crippen LogP) is 6.69. The van der Waals surface area contributed by atoms with Gasteiger partial charge >= 0.3 is 0 Å². The van der Waals surface area contributed by atoms with Crippen molar-refractivity contribution in [3.05, 3.63) is 117 Å². The van der Waals surface area contributed by atoms with Gasteiger partial charge in [0.15, 0.2) is 5.76 Å². The van der Waals surface area contributed by atoms with E-state index in [9.17, 15) is 0 Å². The van der Waals surface area contributed by atoms with Crippen molar-refractivity contribution in [3.8, 4) is 5.75 Å². The summed E-state index contributed by atoms with van der Waals surface area (Å²) in [5.74, 6) is 1.53. The van der Waals surface area contributed by atoms with Crippen LogP contribution in [0.25, 0.3) is 5.76 Å². The number of nitrogens with zero attached hydrogens (tertiary/aromatic N) is 1. The third-order valence-electron chi connectivity index (χ3n) is 6.60. The highest BCUT2D eigenvalue weighted by Gasteiger charge is 2.31. The molecule has 4 heteroatoms. The van der Waals surface area contributed by atoms with Crippen LogP contribution >= 0.6 is 11.6 Å². The lowest BCUT2D eigenvalue weighted by Gasteiger charge is -2.27. The highest BCUT2D eigenvalue weighted by Crippen LogP contribution is 2.47. The quantitative estimate of drug-likeness (QED) is 0.423. The summed E-state index contributed by atoms with van der Waals surface area (Å²) in [6.07, 6.45) is 2.29. The maximum Gasteiger partial charge on any atom is 0.153 e. The smallest absolute Gasteiger partial charge is 0.153 e. The highest BCUT2D eigenvalue weighted by molar-refractivity contribution is 6.35. The Bertz CT molecular complexity index is 1210. The van der Waals surface area contributed by atoms with Crippen molar-refractivity contribution in [2.45, 2.75) is 19.8 Å². The van der Waals surface area contributed by atoms with Gasteiger partial charge in [0.25, 0.3) is 0 Å². The van der Waals surface area contributed by atoms with E-state index in [0.717, 1.165) is 55.3 Å². The molecule has 0 radical (unpaired) electrons. The van der Waals surface area contributed by atoms with E-state index in [1.165, 1.54) is 16.7 Å². The number of halogens is 1. The third-order valence-corrected chi connectivity index (χ3v) is 6.99. The van der Waals surface area contributed by atoms with Gasteiger partial charge in [0.1, 0.15) is 5.75 Å². The fourth-order valence-corrected chi connectivity index (χ4v) is 4.95. The number of ether oxygens (including phenoxy) is 2. The second kappa shape index (κ2) is 10.2. The minimum absolute atomic E-state index is 0.0201. The molecule has 3 aromatic rings. The monoisotopic (exact) mass is 471 g/mol. The van der Waals surface area contributed by atoms with Crippen LogP contribution in [0.4, 0.5) is 0 Å². The molecule has 1 unspecified atom stereocenters. The van der Waals surface area contributed by atoms with Gasteiger partial charge in [-0.3, -0.25) is 4.90 Å². The van der Waals surface area contributed by atoms with E-state index >= 15 is 0 Å². The van der Waals surface area contributed by atoms with Crippen LogP contribution in [0.2, 0.25) is 0 Å². The minimum Gasteiger partial charge on any atom is -0.455 e. The number of para-hydroxylation sites is 1. The van der Waals surface area contributed by atoms with Gasteiger partial charge in [-0.2, -0.15) is 0 Å². The molecule has 1 fully saturated rings. The van der Waals surface area contributed by atoms with E-state index in [0.29, 0.717) is 10.8 Å². The maximum absolute atomic E-state index is 7.25. The van der Waals surface area contributed by atoms with E-state index in [-0.39, 0.29) is 5.92 Å². The molecule has 2 aliphatic heterocycles. The van der Waals surface area contributed by atoms with E-state index in [1.54, 1.807) is 0 Å². The first kappa shape index (κ1) is 22.9. The first-order valence-corrected chi connectivity index (χ1v) is 12.3. The van der Waals surface area contributed by atoms with Crippen molar-refractivity contribution in [1.29, 1.82) is 0 Å². The predicted molar refractivity (Wildman–Crippen MR) is 139 cm³/mol. The van der Waals surface area contributed by atoms with Crippen molar-refractivity contribution in [2.75, 3.05) is 32.8 Å². The largest absolute Gasteiger partial charge is 0.455 e. The lowest BCUT2D eigenvalue weighted by molar-refractivity contribution is 0.0433. The SMILES string of the molecule is Cc1ccc(C2=C(Cl)C(=CCN3CCOCC3)C(c3ccc(C)cc3)c3ccccc3O2)cc1. The first-order chi connectivity index (χ1) is 16.6. The summed E-state index contributed by atoms with van der Waals surface area (Å²) >= 11 is 7.25. The van der Waals surface area contributed by atoms with Crippen molar-refractivity contribution in [3.63, 3.8) is 0 Å². The van der Waals surface area contributed by atoms with Gasteiger partial charge in [-0.05, 0) is 31.1 Å². The molecule has 1 saturated heterocycles. The van der Waals surface area contributed by atoms with Gasteiger partial charge in [-0.1, -0.05) is 95.5 Å². The van der Waals surface area contributed by atoms with Crippen LogP contribution in [-0.2, 0) is 4.74 Å². The normalized spacial score (nSPS) is 20.1. The molecule has 3 nitrogen and oxygen atoms in total. The second-order valence-electron chi connectivity index (χ2n) is 9.07. The van der Waals surface area contributed by atoms with Gasteiger partial charge in [0.05, 0.1) is 18.2 Å². The molecule has 5 rings (SSSR count). The average Bonchev–Trinajstić information content (AvgIpc) is 2.99. The lowest BCUT2D eigenvalue weighted by atomic mass is 9.83. The first-order valence-electron chi connectivity index (χ1n) is 11.9. The topological polar surface area (TPSA) is 21.7 Å². The molecular formula is C30H30ClNO2. The number of rotatable bonds is 4. The number of aryl methyl sites for hydroxylation is 2. The van der Waals surface area contributed by atoms with Gasteiger partial charge in [-0.25, -0.2) is 0 Å². The van der Waals surface area contributed by atoms with E-state index in [4.69, 9.17) is 21.1 Å². The fraction of sp³-hybridized carbons (Fsp3) is 0.267. The molecular weight excluding hydrogens is 442 g/mol. The van der Waals surface area contributed by atoms with Crippen LogP contribution in [0.5, 0.6) is 5.75 Å². The molecule has 1 atom stereocenters. The Labute approximate surface area is 207 Å². The molecule has 0 aliphatic carbocycles. The Hall–Kier alpha value is -2.85. The summed E-state index contributed by atoms with van der Waals surface area (Å²) in [5, 5.41) is 0.666. The van der Waals surface area contributed by atoms with E-state index < -0.39 is 0 Å². The molecule has 2 heterocycles. The fourth-order valence-electron chi connectivity index (χ4n) is 4.62. The number of hydrogen-bond donors (Lipinski definition) is 0. The van der Waals surface area contributed by atoms with Crippen molar-refractivity contribution in [1.82, 2.24) is 4.90 Å². The Balaban J connectivity index is 1.68. The van der Waals surface area contributed by atoms with Crippen LogP contribution in [0.15, 0.2) is 89.5 Å². The van der Waals surface area contributed by atoms with Crippen molar-refractivity contribution >= 4 is 17.4 Å².